The van der Waals surface area contributed by atoms with Crippen LogP contribution in [0.15, 0.2) is 6.07 Å². The third-order valence-corrected chi connectivity index (χ3v) is 4.93. The van der Waals surface area contributed by atoms with Gasteiger partial charge in [0.15, 0.2) is 5.78 Å². The molecule has 0 unspecified atom stereocenters. The molecule has 1 rings (SSSR count). The Morgan fingerprint density at radius 3 is 2.37 bits per heavy atom. The summed E-state index contributed by atoms with van der Waals surface area (Å²) in [5.41, 5.74) is 0.555. The first-order chi connectivity index (χ1) is 9.01. The van der Waals surface area contributed by atoms with Gasteiger partial charge in [0.25, 0.3) is 0 Å². The smallest absolute Gasteiger partial charge is 0.179 e. The largest absolute Gasteiger partial charge is 0.296 e. The van der Waals surface area contributed by atoms with E-state index in [2.05, 4.69) is 25.7 Å². The summed E-state index contributed by atoms with van der Waals surface area (Å²) in [6.45, 7) is 8.72. The van der Waals surface area contributed by atoms with Crippen molar-refractivity contribution in [3.8, 4) is 0 Å². The third kappa shape index (κ3) is 5.07. The highest BCUT2D eigenvalue weighted by Crippen LogP contribution is 2.31. The van der Waals surface area contributed by atoms with Gasteiger partial charge in [-0.3, -0.25) is 9.69 Å². The van der Waals surface area contributed by atoms with E-state index in [1.807, 2.05) is 0 Å². The van der Waals surface area contributed by atoms with Crippen molar-refractivity contribution in [1.29, 1.82) is 0 Å². The van der Waals surface area contributed by atoms with Crippen LogP contribution in [0.3, 0.4) is 0 Å². The van der Waals surface area contributed by atoms with Gasteiger partial charge in [-0.15, -0.1) is 11.3 Å². The van der Waals surface area contributed by atoms with Crippen molar-refractivity contribution in [1.82, 2.24) is 4.90 Å². The zero-order valence-corrected chi connectivity index (χ0v) is 14.0. The van der Waals surface area contributed by atoms with Crippen molar-refractivity contribution < 1.29 is 4.79 Å². The van der Waals surface area contributed by atoms with Gasteiger partial charge in [0.1, 0.15) is 4.34 Å². The predicted octanol–water partition coefficient (Wildman–Crippen LogP) is 5.00. The molecule has 0 spiro atoms. The number of carbonyl (C=O) groups is 1. The third-order valence-electron chi connectivity index (χ3n) is 3.44. The summed E-state index contributed by atoms with van der Waals surface area (Å²) in [4.78, 5) is 14.4. The number of hydrogen-bond donors (Lipinski definition) is 0. The van der Waals surface area contributed by atoms with Crippen molar-refractivity contribution in [2.75, 3.05) is 19.6 Å². The van der Waals surface area contributed by atoms with Gasteiger partial charge in [-0.1, -0.05) is 56.8 Å². The Bertz CT molecular complexity index is 416. The lowest BCUT2D eigenvalue weighted by atomic mass is 10.0. The molecule has 1 aromatic rings. The standard InChI is InChI=1S/C14H21Cl2NOS/c1-4-10(5-2)8-17(6-3)9-12(18)11-7-13(15)19-14(11)16/h7,10H,4-6,8-9H2,1-3H3. The summed E-state index contributed by atoms with van der Waals surface area (Å²) in [6, 6.07) is 1.67. The van der Waals surface area contributed by atoms with Crippen LogP contribution in [0.1, 0.15) is 44.0 Å². The van der Waals surface area contributed by atoms with Crippen LogP contribution in [0, 0.1) is 5.92 Å². The maximum absolute atomic E-state index is 12.2. The summed E-state index contributed by atoms with van der Waals surface area (Å²) in [5.74, 6) is 0.704. The fraction of sp³-hybridized carbons (Fsp3) is 0.643. The maximum Gasteiger partial charge on any atom is 0.179 e. The van der Waals surface area contributed by atoms with E-state index in [0.29, 0.717) is 26.7 Å². The lowest BCUT2D eigenvalue weighted by molar-refractivity contribution is 0.0921. The fourth-order valence-electron chi connectivity index (χ4n) is 2.04. The lowest BCUT2D eigenvalue weighted by Gasteiger charge is -2.24. The van der Waals surface area contributed by atoms with E-state index in [0.717, 1.165) is 25.9 Å². The van der Waals surface area contributed by atoms with Gasteiger partial charge in [-0.05, 0) is 18.5 Å². The molecule has 0 atom stereocenters. The van der Waals surface area contributed by atoms with Crippen LogP contribution in [0.2, 0.25) is 8.67 Å². The van der Waals surface area contributed by atoms with Crippen LogP contribution >= 0.6 is 34.5 Å². The van der Waals surface area contributed by atoms with E-state index in [1.54, 1.807) is 6.07 Å². The van der Waals surface area contributed by atoms with Crippen LogP contribution in [0.5, 0.6) is 0 Å². The number of rotatable bonds is 8. The Morgan fingerprint density at radius 2 is 1.95 bits per heavy atom. The molecule has 19 heavy (non-hydrogen) atoms. The molecule has 0 saturated heterocycles. The average molecular weight is 322 g/mol. The molecule has 0 aliphatic carbocycles. The molecule has 0 fully saturated rings. The molecule has 0 aliphatic rings. The van der Waals surface area contributed by atoms with Crippen molar-refractivity contribution >= 4 is 40.3 Å². The highest BCUT2D eigenvalue weighted by Gasteiger charge is 2.18. The molecule has 0 amide bonds. The molecule has 1 heterocycles. The molecular formula is C14H21Cl2NOS. The van der Waals surface area contributed by atoms with Crippen molar-refractivity contribution in [2.45, 2.75) is 33.6 Å². The van der Waals surface area contributed by atoms with E-state index in [-0.39, 0.29) is 5.78 Å². The number of ketones is 1. The van der Waals surface area contributed by atoms with Crippen molar-refractivity contribution in [3.05, 3.63) is 20.3 Å². The first-order valence-corrected chi connectivity index (χ1v) is 8.29. The van der Waals surface area contributed by atoms with Gasteiger partial charge in [0, 0.05) is 6.54 Å². The topological polar surface area (TPSA) is 20.3 Å². The van der Waals surface area contributed by atoms with E-state index in [9.17, 15) is 4.79 Å². The second-order valence-corrected chi connectivity index (χ2v) is 6.96. The Balaban J connectivity index is 2.65. The van der Waals surface area contributed by atoms with Crippen LogP contribution in [0.4, 0.5) is 0 Å². The monoisotopic (exact) mass is 321 g/mol. The van der Waals surface area contributed by atoms with Gasteiger partial charge >= 0.3 is 0 Å². The fourth-order valence-corrected chi connectivity index (χ4v) is 3.54. The molecule has 2 nitrogen and oxygen atoms in total. The predicted molar refractivity (Wildman–Crippen MR) is 84.9 cm³/mol. The zero-order valence-electron chi connectivity index (χ0n) is 11.7. The summed E-state index contributed by atoms with van der Waals surface area (Å²) in [5, 5.41) is 0. The minimum absolute atomic E-state index is 0.0564. The van der Waals surface area contributed by atoms with Gasteiger partial charge in [-0.25, -0.2) is 0 Å². The van der Waals surface area contributed by atoms with Crippen LogP contribution in [0.25, 0.3) is 0 Å². The minimum Gasteiger partial charge on any atom is -0.296 e. The molecule has 108 valence electrons. The highest BCUT2D eigenvalue weighted by molar-refractivity contribution is 7.20. The molecule has 1 aromatic heterocycles. The second-order valence-electron chi connectivity index (χ2n) is 4.67. The second kappa shape index (κ2) is 8.25. The van der Waals surface area contributed by atoms with Gasteiger partial charge in [0.05, 0.1) is 16.4 Å². The van der Waals surface area contributed by atoms with Crippen LogP contribution in [-0.2, 0) is 0 Å². The summed E-state index contributed by atoms with van der Waals surface area (Å²) in [7, 11) is 0. The molecular weight excluding hydrogens is 301 g/mol. The molecule has 0 aromatic carbocycles. The normalized spacial score (nSPS) is 11.5. The molecule has 0 saturated carbocycles. The lowest BCUT2D eigenvalue weighted by Crippen LogP contribution is -2.34. The summed E-state index contributed by atoms with van der Waals surface area (Å²) >= 11 is 13.1. The van der Waals surface area contributed by atoms with Crippen LogP contribution < -0.4 is 0 Å². The van der Waals surface area contributed by atoms with Crippen molar-refractivity contribution in [3.63, 3.8) is 0 Å². The van der Waals surface area contributed by atoms with E-state index < -0.39 is 0 Å². The van der Waals surface area contributed by atoms with Gasteiger partial charge in [-0.2, -0.15) is 0 Å². The van der Waals surface area contributed by atoms with Crippen molar-refractivity contribution in [2.24, 2.45) is 5.92 Å². The Morgan fingerprint density at radius 1 is 1.32 bits per heavy atom. The highest BCUT2D eigenvalue weighted by atomic mass is 35.5. The number of Topliss-reactive ketones (excluding diaryl/α,β-unsaturated/α-hetero) is 1. The molecule has 0 radical (unpaired) electrons. The zero-order chi connectivity index (χ0) is 14.4. The summed E-state index contributed by atoms with van der Waals surface area (Å²) < 4.78 is 1.06. The molecule has 0 N–H and O–H groups in total. The minimum atomic E-state index is 0.0564. The number of hydrogen-bond acceptors (Lipinski definition) is 3. The van der Waals surface area contributed by atoms with E-state index in [1.165, 1.54) is 11.3 Å². The van der Waals surface area contributed by atoms with Gasteiger partial charge < -0.3 is 0 Å². The van der Waals surface area contributed by atoms with E-state index in [4.69, 9.17) is 23.2 Å². The number of carbonyl (C=O) groups excluding carboxylic acids is 1. The Kier molecular flexibility index (Phi) is 7.37. The first kappa shape index (κ1) is 17.0. The maximum atomic E-state index is 12.2. The molecule has 0 bridgehead atoms. The summed E-state index contributed by atoms with van der Waals surface area (Å²) in [6.07, 6.45) is 2.29. The quantitative estimate of drug-likeness (QED) is 0.628. The Hall–Kier alpha value is -0.0900. The SMILES string of the molecule is CCC(CC)CN(CC)CC(=O)c1cc(Cl)sc1Cl. The number of likely N-dealkylation sites (N-methyl/N-ethyl adjacent to an activating group) is 1. The number of halogens is 2. The number of thiophene rings is 1. The first-order valence-electron chi connectivity index (χ1n) is 6.72. The number of nitrogens with zero attached hydrogens (tertiary/aromatic N) is 1. The molecule has 5 heteroatoms. The van der Waals surface area contributed by atoms with Crippen LogP contribution in [-0.4, -0.2) is 30.3 Å². The average Bonchev–Trinajstić information content (AvgIpc) is 2.73. The van der Waals surface area contributed by atoms with Gasteiger partial charge in [0.2, 0.25) is 0 Å². The van der Waals surface area contributed by atoms with E-state index >= 15 is 0 Å². The Labute approximate surface area is 129 Å². The molecule has 0 aliphatic heterocycles.